The first kappa shape index (κ1) is 7.72. The van der Waals surface area contributed by atoms with E-state index >= 15 is 0 Å². The fourth-order valence-electron chi connectivity index (χ4n) is 1.14. The van der Waals surface area contributed by atoms with Gasteiger partial charge in [-0.2, -0.15) is 0 Å². The molecule has 58 valence electrons. The lowest BCUT2D eigenvalue weighted by atomic mass is 9.93. The average molecular weight is 144 g/mol. The van der Waals surface area contributed by atoms with Crippen molar-refractivity contribution in [2.24, 2.45) is 0 Å². The molecule has 0 saturated heterocycles. The molecule has 0 aromatic heterocycles. The molecular weight excluding hydrogens is 132 g/mol. The zero-order valence-corrected chi connectivity index (χ0v) is 5.86. The molecule has 0 radical (unpaired) electrons. The first-order valence-electron chi connectivity index (χ1n) is 3.33. The predicted octanol–water partition coefficient (Wildman–Crippen LogP) is -0.581. The molecule has 0 spiro atoms. The highest BCUT2D eigenvalue weighted by Gasteiger charge is 2.27. The summed E-state index contributed by atoms with van der Waals surface area (Å²) >= 11 is 0. The van der Waals surface area contributed by atoms with Crippen LogP contribution in [0.5, 0.6) is 0 Å². The van der Waals surface area contributed by atoms with E-state index in [1.807, 2.05) is 6.92 Å². The van der Waals surface area contributed by atoms with E-state index in [9.17, 15) is 0 Å². The molecular formula is C7H12O3. The Hall–Kier alpha value is -0.380. The fraction of sp³-hybridized carbons (Fsp3) is 0.714. The van der Waals surface area contributed by atoms with E-state index in [4.69, 9.17) is 15.3 Å². The minimum absolute atomic E-state index is 0.457. The Morgan fingerprint density at radius 2 is 2.00 bits per heavy atom. The summed E-state index contributed by atoms with van der Waals surface area (Å²) in [4.78, 5) is 0. The van der Waals surface area contributed by atoms with Crippen molar-refractivity contribution in [1.82, 2.24) is 0 Å². The molecule has 3 atom stereocenters. The number of hydrogen-bond donors (Lipinski definition) is 3. The molecule has 0 aliphatic heterocycles. The van der Waals surface area contributed by atoms with E-state index in [0.29, 0.717) is 6.42 Å². The average Bonchev–Trinajstić information content (AvgIpc) is 1.82. The summed E-state index contributed by atoms with van der Waals surface area (Å²) in [7, 11) is 0. The molecule has 0 saturated carbocycles. The summed E-state index contributed by atoms with van der Waals surface area (Å²) in [5.41, 5.74) is 0.922. The minimum atomic E-state index is -1.01. The van der Waals surface area contributed by atoms with Crippen molar-refractivity contribution in [3.05, 3.63) is 11.6 Å². The van der Waals surface area contributed by atoms with Gasteiger partial charge in [-0.25, -0.2) is 0 Å². The van der Waals surface area contributed by atoms with E-state index < -0.39 is 18.3 Å². The van der Waals surface area contributed by atoms with Gasteiger partial charge < -0.3 is 15.3 Å². The zero-order chi connectivity index (χ0) is 7.72. The molecule has 0 amide bonds. The molecule has 0 aromatic rings. The molecule has 0 aromatic carbocycles. The summed E-state index contributed by atoms with van der Waals surface area (Å²) in [6.07, 6.45) is -0.692. The molecule has 3 nitrogen and oxygen atoms in total. The highest BCUT2D eigenvalue weighted by molar-refractivity contribution is 5.11. The lowest BCUT2D eigenvalue weighted by Gasteiger charge is -2.26. The van der Waals surface area contributed by atoms with E-state index in [2.05, 4.69) is 0 Å². The van der Waals surface area contributed by atoms with Gasteiger partial charge in [-0.3, -0.25) is 0 Å². The van der Waals surface area contributed by atoms with Crippen molar-refractivity contribution in [2.75, 3.05) is 0 Å². The van der Waals surface area contributed by atoms with Crippen LogP contribution in [0.2, 0.25) is 0 Å². The number of aliphatic hydroxyl groups excluding tert-OH is 3. The second-order valence-corrected chi connectivity index (χ2v) is 2.77. The smallest absolute Gasteiger partial charge is 0.110 e. The summed E-state index contributed by atoms with van der Waals surface area (Å²) in [6, 6.07) is 0. The lowest BCUT2D eigenvalue weighted by Crippen LogP contribution is -2.39. The van der Waals surface area contributed by atoms with Gasteiger partial charge in [-0.1, -0.05) is 11.6 Å². The zero-order valence-electron chi connectivity index (χ0n) is 5.86. The third-order valence-electron chi connectivity index (χ3n) is 1.73. The van der Waals surface area contributed by atoms with Crippen LogP contribution in [0.25, 0.3) is 0 Å². The molecule has 1 rings (SSSR count). The standard InChI is InChI=1S/C7H12O3/c1-4-2-5(8)7(10)6(9)3-4/h2,5-10H,3H2,1H3. The fourth-order valence-corrected chi connectivity index (χ4v) is 1.14. The monoisotopic (exact) mass is 144 g/mol. The molecule has 0 fully saturated rings. The normalized spacial score (nSPS) is 41.2. The Balaban J connectivity index is 2.69. The van der Waals surface area contributed by atoms with Crippen molar-refractivity contribution in [1.29, 1.82) is 0 Å². The molecule has 1 aliphatic carbocycles. The van der Waals surface area contributed by atoms with Gasteiger partial charge in [-0.05, 0) is 13.3 Å². The summed E-state index contributed by atoms with van der Waals surface area (Å²) in [5.74, 6) is 0. The summed E-state index contributed by atoms with van der Waals surface area (Å²) in [5, 5.41) is 27.1. The first-order valence-corrected chi connectivity index (χ1v) is 3.33. The Morgan fingerprint density at radius 1 is 1.40 bits per heavy atom. The van der Waals surface area contributed by atoms with Gasteiger partial charge in [0.1, 0.15) is 12.2 Å². The second-order valence-electron chi connectivity index (χ2n) is 2.77. The topological polar surface area (TPSA) is 60.7 Å². The van der Waals surface area contributed by atoms with Crippen molar-refractivity contribution in [3.63, 3.8) is 0 Å². The van der Waals surface area contributed by atoms with Crippen LogP contribution in [0, 0.1) is 0 Å². The van der Waals surface area contributed by atoms with Gasteiger partial charge in [0.2, 0.25) is 0 Å². The highest BCUT2D eigenvalue weighted by Crippen LogP contribution is 2.18. The molecule has 3 heteroatoms. The van der Waals surface area contributed by atoms with Crippen molar-refractivity contribution < 1.29 is 15.3 Å². The third-order valence-corrected chi connectivity index (χ3v) is 1.73. The van der Waals surface area contributed by atoms with E-state index in [-0.39, 0.29) is 0 Å². The molecule has 0 bridgehead atoms. The first-order chi connectivity index (χ1) is 4.61. The maximum Gasteiger partial charge on any atom is 0.110 e. The Morgan fingerprint density at radius 3 is 2.50 bits per heavy atom. The SMILES string of the molecule is CC1=CC(O)C(O)C(O)C1. The molecule has 3 N–H and O–H groups in total. The largest absolute Gasteiger partial charge is 0.390 e. The van der Waals surface area contributed by atoms with Crippen LogP contribution >= 0.6 is 0 Å². The van der Waals surface area contributed by atoms with Crippen LogP contribution in [0.3, 0.4) is 0 Å². The van der Waals surface area contributed by atoms with Gasteiger partial charge in [0.25, 0.3) is 0 Å². The van der Waals surface area contributed by atoms with E-state index in [0.717, 1.165) is 5.57 Å². The number of aliphatic hydroxyl groups is 3. The maximum absolute atomic E-state index is 9.07. The van der Waals surface area contributed by atoms with Gasteiger partial charge in [0, 0.05) is 0 Å². The van der Waals surface area contributed by atoms with Crippen LogP contribution < -0.4 is 0 Å². The highest BCUT2D eigenvalue weighted by atomic mass is 16.4. The molecule has 0 heterocycles. The predicted molar refractivity (Wildman–Crippen MR) is 36.4 cm³/mol. The second kappa shape index (κ2) is 2.70. The van der Waals surface area contributed by atoms with Gasteiger partial charge >= 0.3 is 0 Å². The molecule has 3 unspecified atom stereocenters. The van der Waals surface area contributed by atoms with Crippen LogP contribution in [-0.2, 0) is 0 Å². The van der Waals surface area contributed by atoms with Crippen molar-refractivity contribution >= 4 is 0 Å². The van der Waals surface area contributed by atoms with Gasteiger partial charge in [-0.15, -0.1) is 0 Å². The maximum atomic E-state index is 9.07. The van der Waals surface area contributed by atoms with Crippen molar-refractivity contribution in [3.8, 4) is 0 Å². The van der Waals surface area contributed by atoms with Crippen molar-refractivity contribution in [2.45, 2.75) is 31.7 Å². The van der Waals surface area contributed by atoms with Crippen LogP contribution in [0.4, 0.5) is 0 Å². The van der Waals surface area contributed by atoms with Crippen LogP contribution in [0.15, 0.2) is 11.6 Å². The Kier molecular flexibility index (Phi) is 2.08. The summed E-state index contributed by atoms with van der Waals surface area (Å²) in [6.45, 7) is 1.82. The summed E-state index contributed by atoms with van der Waals surface area (Å²) < 4.78 is 0. The Labute approximate surface area is 59.6 Å². The van der Waals surface area contributed by atoms with Crippen LogP contribution in [0.1, 0.15) is 13.3 Å². The van der Waals surface area contributed by atoms with E-state index in [1.165, 1.54) is 0 Å². The number of hydrogen-bond acceptors (Lipinski definition) is 3. The molecule has 10 heavy (non-hydrogen) atoms. The lowest BCUT2D eigenvalue weighted by molar-refractivity contribution is -0.0473. The van der Waals surface area contributed by atoms with Gasteiger partial charge in [0.15, 0.2) is 0 Å². The van der Waals surface area contributed by atoms with Gasteiger partial charge in [0.05, 0.1) is 6.10 Å². The quantitative estimate of drug-likeness (QED) is 0.398. The third kappa shape index (κ3) is 1.37. The molecule has 1 aliphatic rings. The minimum Gasteiger partial charge on any atom is -0.390 e. The number of rotatable bonds is 0. The Bertz CT molecular complexity index is 153. The van der Waals surface area contributed by atoms with Crippen LogP contribution in [-0.4, -0.2) is 33.6 Å². The van der Waals surface area contributed by atoms with E-state index in [1.54, 1.807) is 6.08 Å².